The molecule has 1 nitrogen and oxygen atoms in total. The van der Waals surface area contributed by atoms with Gasteiger partial charge in [-0.2, -0.15) is 0 Å². The van der Waals surface area contributed by atoms with Crippen molar-refractivity contribution in [3.8, 4) is 0 Å². The van der Waals surface area contributed by atoms with Gasteiger partial charge in [-0.25, -0.2) is 17.6 Å². The highest BCUT2D eigenvalue weighted by molar-refractivity contribution is 9.10. The number of hydrogen-bond donors (Lipinski definition) is 1. The number of halogens is 5. The second-order valence-corrected chi connectivity index (χ2v) is 3.41. The van der Waals surface area contributed by atoms with Crippen molar-refractivity contribution in [3.05, 3.63) is 39.4 Å². The maximum Gasteiger partial charge on any atom is 0.176 e. The maximum atomic E-state index is 13.1. The van der Waals surface area contributed by atoms with Crippen LogP contribution in [-0.4, -0.2) is 6.54 Å². The molecule has 0 fully saturated rings. The Kier molecular flexibility index (Phi) is 3.87. The summed E-state index contributed by atoms with van der Waals surface area (Å²) in [6.45, 7) is 0.0121. The van der Waals surface area contributed by atoms with Crippen molar-refractivity contribution in [2.75, 3.05) is 6.54 Å². The third-order valence-corrected chi connectivity index (χ3v) is 2.36. The van der Waals surface area contributed by atoms with Crippen molar-refractivity contribution in [1.82, 2.24) is 0 Å². The van der Waals surface area contributed by atoms with Crippen molar-refractivity contribution in [1.29, 1.82) is 0 Å². The second kappa shape index (κ2) is 4.76. The molecule has 82 valence electrons. The maximum absolute atomic E-state index is 13.1. The van der Waals surface area contributed by atoms with Crippen LogP contribution in [0.5, 0.6) is 0 Å². The molecule has 0 saturated carbocycles. The van der Waals surface area contributed by atoms with Gasteiger partial charge in [-0.05, 0) is 15.9 Å². The van der Waals surface area contributed by atoms with Crippen LogP contribution in [0.3, 0.4) is 0 Å². The Balaban J connectivity index is 3.45. The van der Waals surface area contributed by atoms with Gasteiger partial charge in [-0.15, -0.1) is 0 Å². The summed E-state index contributed by atoms with van der Waals surface area (Å²) in [4.78, 5) is 0. The van der Waals surface area contributed by atoms with Crippen molar-refractivity contribution >= 4 is 22.0 Å². The van der Waals surface area contributed by atoms with E-state index in [-0.39, 0.29) is 6.54 Å². The molecule has 1 rings (SSSR count). The van der Waals surface area contributed by atoms with Crippen molar-refractivity contribution in [2.24, 2.45) is 5.73 Å². The molecule has 0 amide bonds. The Morgan fingerprint density at radius 1 is 1.00 bits per heavy atom. The molecule has 15 heavy (non-hydrogen) atoms. The van der Waals surface area contributed by atoms with E-state index in [1.165, 1.54) is 6.08 Å². The van der Waals surface area contributed by atoms with Crippen LogP contribution in [0.15, 0.2) is 10.5 Å². The van der Waals surface area contributed by atoms with Crippen LogP contribution in [0.2, 0.25) is 0 Å². The predicted molar refractivity (Wildman–Crippen MR) is 52.1 cm³/mol. The van der Waals surface area contributed by atoms with E-state index >= 15 is 0 Å². The first-order valence-corrected chi connectivity index (χ1v) is 4.68. The smallest absolute Gasteiger partial charge is 0.176 e. The van der Waals surface area contributed by atoms with E-state index in [1.54, 1.807) is 0 Å². The minimum atomic E-state index is -1.47. The molecular weight excluding hydrogens is 278 g/mol. The molecule has 0 aromatic heterocycles. The SMILES string of the molecule is NC/C=C/c1c(F)c(F)c(Br)c(F)c1F. The summed E-state index contributed by atoms with van der Waals surface area (Å²) in [5.74, 6) is -5.84. The van der Waals surface area contributed by atoms with Gasteiger partial charge in [0.15, 0.2) is 23.3 Å². The van der Waals surface area contributed by atoms with Crippen LogP contribution < -0.4 is 5.73 Å². The van der Waals surface area contributed by atoms with Gasteiger partial charge in [0, 0.05) is 6.54 Å². The monoisotopic (exact) mass is 283 g/mol. The third kappa shape index (κ3) is 2.21. The summed E-state index contributed by atoms with van der Waals surface area (Å²) < 4.78 is 51.3. The molecule has 0 aliphatic heterocycles. The van der Waals surface area contributed by atoms with Gasteiger partial charge in [-0.3, -0.25) is 0 Å². The molecule has 0 spiro atoms. The molecular formula is C9H6BrF4N. The fraction of sp³-hybridized carbons (Fsp3) is 0.111. The van der Waals surface area contributed by atoms with Gasteiger partial charge in [0.1, 0.15) is 0 Å². The number of rotatable bonds is 2. The molecule has 6 heteroatoms. The van der Waals surface area contributed by atoms with E-state index in [1.807, 2.05) is 0 Å². The highest BCUT2D eigenvalue weighted by atomic mass is 79.9. The van der Waals surface area contributed by atoms with Crippen LogP contribution in [0.1, 0.15) is 5.56 Å². The summed E-state index contributed by atoms with van der Waals surface area (Å²) in [7, 11) is 0. The molecule has 0 unspecified atom stereocenters. The molecule has 0 aliphatic carbocycles. The predicted octanol–water partition coefficient (Wildman–Crippen LogP) is 2.98. The molecule has 0 radical (unpaired) electrons. The van der Waals surface area contributed by atoms with Crippen LogP contribution >= 0.6 is 15.9 Å². The Morgan fingerprint density at radius 2 is 1.47 bits per heavy atom. The highest BCUT2D eigenvalue weighted by Crippen LogP contribution is 2.28. The summed E-state index contributed by atoms with van der Waals surface area (Å²) in [5, 5.41) is 0. The zero-order valence-electron chi connectivity index (χ0n) is 7.33. The van der Waals surface area contributed by atoms with Crippen LogP contribution in [-0.2, 0) is 0 Å². The Morgan fingerprint density at radius 3 is 1.87 bits per heavy atom. The number of benzene rings is 1. The summed E-state index contributed by atoms with van der Waals surface area (Å²) in [6.07, 6.45) is 2.08. The van der Waals surface area contributed by atoms with E-state index < -0.39 is 33.3 Å². The first-order chi connectivity index (χ1) is 7.00. The largest absolute Gasteiger partial charge is 0.327 e. The molecule has 0 bridgehead atoms. The van der Waals surface area contributed by atoms with Crippen LogP contribution in [0.25, 0.3) is 6.08 Å². The van der Waals surface area contributed by atoms with Gasteiger partial charge in [0.05, 0.1) is 10.0 Å². The first-order valence-electron chi connectivity index (χ1n) is 3.88. The Labute approximate surface area is 91.7 Å². The van der Waals surface area contributed by atoms with Crippen LogP contribution in [0.4, 0.5) is 17.6 Å². The number of nitrogens with two attached hydrogens (primary N) is 1. The van der Waals surface area contributed by atoms with Gasteiger partial charge in [0.25, 0.3) is 0 Å². The molecule has 1 aromatic rings. The lowest BCUT2D eigenvalue weighted by molar-refractivity contribution is 0.444. The van der Waals surface area contributed by atoms with Gasteiger partial charge < -0.3 is 5.73 Å². The molecule has 0 aliphatic rings. The fourth-order valence-corrected chi connectivity index (χ4v) is 1.30. The molecule has 1 aromatic carbocycles. The second-order valence-electron chi connectivity index (χ2n) is 2.62. The van der Waals surface area contributed by atoms with E-state index in [2.05, 4.69) is 15.9 Å². The van der Waals surface area contributed by atoms with Crippen molar-refractivity contribution in [2.45, 2.75) is 0 Å². The highest BCUT2D eigenvalue weighted by Gasteiger charge is 2.22. The minimum Gasteiger partial charge on any atom is -0.327 e. The van der Waals surface area contributed by atoms with Gasteiger partial charge in [-0.1, -0.05) is 12.2 Å². The third-order valence-electron chi connectivity index (χ3n) is 1.66. The number of hydrogen-bond acceptors (Lipinski definition) is 1. The van der Waals surface area contributed by atoms with E-state index in [9.17, 15) is 17.6 Å². The summed E-state index contributed by atoms with van der Waals surface area (Å²) in [6, 6.07) is 0. The zero-order valence-corrected chi connectivity index (χ0v) is 8.91. The van der Waals surface area contributed by atoms with E-state index in [4.69, 9.17) is 5.73 Å². The molecule has 0 heterocycles. The summed E-state index contributed by atoms with van der Waals surface area (Å²) >= 11 is 2.40. The Hall–Kier alpha value is -0.880. The minimum absolute atomic E-state index is 0.0121. The lowest BCUT2D eigenvalue weighted by Gasteiger charge is -2.04. The lowest BCUT2D eigenvalue weighted by atomic mass is 10.1. The van der Waals surface area contributed by atoms with Gasteiger partial charge in [0.2, 0.25) is 0 Å². The first kappa shape index (κ1) is 12.2. The summed E-state index contributed by atoms with van der Waals surface area (Å²) in [5.41, 5.74) is 4.28. The van der Waals surface area contributed by atoms with E-state index in [0.717, 1.165) is 6.08 Å². The molecule has 0 atom stereocenters. The lowest BCUT2D eigenvalue weighted by Crippen LogP contribution is -2.01. The van der Waals surface area contributed by atoms with Gasteiger partial charge >= 0.3 is 0 Å². The quantitative estimate of drug-likeness (QED) is 0.504. The Bertz CT molecular complexity index is 388. The van der Waals surface area contributed by atoms with Crippen molar-refractivity contribution in [3.63, 3.8) is 0 Å². The zero-order chi connectivity index (χ0) is 11.6. The molecule has 0 saturated heterocycles. The average Bonchev–Trinajstić information content (AvgIpc) is 2.24. The average molecular weight is 284 g/mol. The normalized spacial score (nSPS) is 11.3. The fourth-order valence-electron chi connectivity index (χ4n) is 0.954. The molecule has 2 N–H and O–H groups in total. The van der Waals surface area contributed by atoms with E-state index in [0.29, 0.717) is 0 Å². The standard InChI is InChI=1S/C9H6BrF4N/c10-5-8(13)6(11)4(2-1-3-15)7(12)9(5)14/h1-2H,3,15H2/b2-1+. The van der Waals surface area contributed by atoms with Crippen molar-refractivity contribution < 1.29 is 17.6 Å². The topological polar surface area (TPSA) is 26.0 Å². The van der Waals surface area contributed by atoms with Crippen LogP contribution in [0, 0.1) is 23.3 Å².